The van der Waals surface area contributed by atoms with Crippen LogP contribution in [-0.4, -0.2) is 58.5 Å². The molecule has 1 saturated heterocycles. The van der Waals surface area contributed by atoms with E-state index in [0.717, 1.165) is 50.3 Å². The standard InChI is InChI=1S/C23H37N7O.HI/c1-4-31-15-7-12-24-23(26-17-22-28-27-19(2)29(22)3)25-16-20-8-10-21(11-9-20)18-30-13-5-6-14-30;/h8-11H,4-7,12-18H2,1-3H3,(H2,24,25,26);1H. The van der Waals surface area contributed by atoms with Crippen LogP contribution in [0.15, 0.2) is 29.3 Å². The van der Waals surface area contributed by atoms with Crippen LogP contribution in [0, 0.1) is 6.92 Å². The van der Waals surface area contributed by atoms with Crippen LogP contribution in [0.4, 0.5) is 0 Å². The molecule has 9 heteroatoms. The number of hydrogen-bond donors (Lipinski definition) is 2. The number of aromatic nitrogens is 3. The molecule has 1 aliphatic rings. The van der Waals surface area contributed by atoms with Gasteiger partial charge in [0.05, 0.1) is 13.1 Å². The zero-order chi connectivity index (χ0) is 21.9. The maximum absolute atomic E-state index is 5.43. The Labute approximate surface area is 209 Å². The average Bonchev–Trinajstić information content (AvgIpc) is 3.41. The van der Waals surface area contributed by atoms with Gasteiger partial charge in [0.2, 0.25) is 0 Å². The summed E-state index contributed by atoms with van der Waals surface area (Å²) < 4.78 is 7.41. The summed E-state index contributed by atoms with van der Waals surface area (Å²) in [6.07, 6.45) is 3.59. The Bertz CT molecular complexity index is 816. The fourth-order valence-electron chi connectivity index (χ4n) is 3.59. The van der Waals surface area contributed by atoms with Crippen LogP contribution >= 0.6 is 24.0 Å². The van der Waals surface area contributed by atoms with E-state index < -0.39 is 0 Å². The number of nitrogens with one attached hydrogen (secondary N) is 2. The first-order chi connectivity index (χ1) is 15.2. The summed E-state index contributed by atoms with van der Waals surface area (Å²) in [6.45, 7) is 11.0. The van der Waals surface area contributed by atoms with E-state index in [1.165, 1.54) is 37.1 Å². The van der Waals surface area contributed by atoms with Crippen molar-refractivity contribution in [3.63, 3.8) is 0 Å². The molecule has 0 aliphatic carbocycles. The van der Waals surface area contributed by atoms with Gasteiger partial charge in [0.1, 0.15) is 5.82 Å². The highest BCUT2D eigenvalue weighted by Gasteiger charge is 2.11. The Morgan fingerprint density at radius 3 is 2.47 bits per heavy atom. The molecule has 0 bridgehead atoms. The number of likely N-dealkylation sites (tertiary alicyclic amines) is 1. The molecule has 3 rings (SSSR count). The lowest BCUT2D eigenvalue weighted by Gasteiger charge is -2.15. The van der Waals surface area contributed by atoms with Crippen LogP contribution in [0.25, 0.3) is 0 Å². The van der Waals surface area contributed by atoms with E-state index in [0.29, 0.717) is 13.1 Å². The highest BCUT2D eigenvalue weighted by atomic mass is 127. The summed E-state index contributed by atoms with van der Waals surface area (Å²) in [7, 11) is 1.97. The fourth-order valence-corrected chi connectivity index (χ4v) is 3.59. The molecular weight excluding hydrogens is 517 g/mol. The normalized spacial score (nSPS) is 14.4. The molecule has 1 aromatic heterocycles. The molecule has 178 valence electrons. The van der Waals surface area contributed by atoms with Gasteiger partial charge in [0.15, 0.2) is 11.8 Å². The van der Waals surface area contributed by atoms with E-state index in [9.17, 15) is 0 Å². The predicted octanol–water partition coefficient (Wildman–Crippen LogP) is 3.00. The van der Waals surface area contributed by atoms with E-state index in [1.807, 2.05) is 25.5 Å². The molecule has 8 nitrogen and oxygen atoms in total. The van der Waals surface area contributed by atoms with Gasteiger partial charge in [-0.1, -0.05) is 24.3 Å². The van der Waals surface area contributed by atoms with Crippen molar-refractivity contribution >= 4 is 29.9 Å². The summed E-state index contributed by atoms with van der Waals surface area (Å²) >= 11 is 0. The van der Waals surface area contributed by atoms with E-state index in [1.54, 1.807) is 0 Å². The van der Waals surface area contributed by atoms with Gasteiger partial charge in [-0.05, 0) is 57.3 Å². The monoisotopic (exact) mass is 555 g/mol. The van der Waals surface area contributed by atoms with E-state index in [-0.39, 0.29) is 24.0 Å². The molecule has 1 fully saturated rings. The first-order valence-corrected chi connectivity index (χ1v) is 11.4. The lowest BCUT2D eigenvalue weighted by Crippen LogP contribution is -2.38. The number of rotatable bonds is 11. The number of aliphatic imine (C=N–C) groups is 1. The molecule has 2 heterocycles. The largest absolute Gasteiger partial charge is 0.382 e. The topological polar surface area (TPSA) is 79.6 Å². The third-order valence-corrected chi connectivity index (χ3v) is 5.61. The maximum atomic E-state index is 5.43. The quantitative estimate of drug-likeness (QED) is 0.192. The van der Waals surface area contributed by atoms with Crippen molar-refractivity contribution in [2.75, 3.05) is 32.8 Å². The Hall–Kier alpha value is -1.72. The van der Waals surface area contributed by atoms with Crippen LogP contribution in [0.3, 0.4) is 0 Å². The summed E-state index contributed by atoms with van der Waals surface area (Å²) in [4.78, 5) is 7.31. The number of nitrogens with zero attached hydrogens (tertiary/aromatic N) is 5. The van der Waals surface area contributed by atoms with Crippen LogP contribution in [0.1, 0.15) is 49.0 Å². The molecule has 0 spiro atoms. The highest BCUT2D eigenvalue weighted by molar-refractivity contribution is 14.0. The van der Waals surface area contributed by atoms with Crippen molar-refractivity contribution in [3.8, 4) is 0 Å². The Kier molecular flexibility index (Phi) is 12.0. The van der Waals surface area contributed by atoms with E-state index in [2.05, 4.69) is 50.0 Å². The minimum absolute atomic E-state index is 0. The van der Waals surface area contributed by atoms with Gasteiger partial charge >= 0.3 is 0 Å². The summed E-state index contributed by atoms with van der Waals surface area (Å²) in [5.41, 5.74) is 2.58. The minimum atomic E-state index is 0. The van der Waals surface area contributed by atoms with E-state index in [4.69, 9.17) is 9.73 Å². The third kappa shape index (κ3) is 8.67. The molecule has 1 aromatic carbocycles. The van der Waals surface area contributed by atoms with Gasteiger partial charge in [-0.3, -0.25) is 4.90 Å². The number of ether oxygens (including phenoxy) is 1. The summed E-state index contributed by atoms with van der Waals surface area (Å²) in [6, 6.07) is 8.84. The first-order valence-electron chi connectivity index (χ1n) is 11.4. The van der Waals surface area contributed by atoms with Gasteiger partial charge in [-0.2, -0.15) is 0 Å². The Morgan fingerprint density at radius 1 is 1.09 bits per heavy atom. The Morgan fingerprint density at radius 2 is 1.81 bits per heavy atom. The third-order valence-electron chi connectivity index (χ3n) is 5.61. The molecule has 32 heavy (non-hydrogen) atoms. The second-order valence-electron chi connectivity index (χ2n) is 8.02. The number of benzene rings is 1. The average molecular weight is 556 g/mol. The molecule has 0 atom stereocenters. The lowest BCUT2D eigenvalue weighted by molar-refractivity contribution is 0.145. The zero-order valence-electron chi connectivity index (χ0n) is 19.6. The number of guanidine groups is 1. The molecule has 0 saturated carbocycles. The molecule has 0 amide bonds. The summed E-state index contributed by atoms with van der Waals surface area (Å²) in [5, 5.41) is 15.1. The predicted molar refractivity (Wildman–Crippen MR) is 139 cm³/mol. The molecule has 0 unspecified atom stereocenters. The number of halogens is 1. The van der Waals surface area contributed by atoms with Gasteiger partial charge < -0.3 is 19.9 Å². The smallest absolute Gasteiger partial charge is 0.191 e. The van der Waals surface area contributed by atoms with Gasteiger partial charge in [0.25, 0.3) is 0 Å². The lowest BCUT2D eigenvalue weighted by atomic mass is 10.1. The molecule has 1 aliphatic heterocycles. The van der Waals surface area contributed by atoms with Crippen molar-refractivity contribution in [2.45, 2.75) is 52.7 Å². The molecule has 2 aromatic rings. The molecule has 0 radical (unpaired) electrons. The van der Waals surface area contributed by atoms with Gasteiger partial charge in [-0.15, -0.1) is 34.2 Å². The van der Waals surface area contributed by atoms with Crippen LogP contribution in [-0.2, 0) is 31.4 Å². The van der Waals surface area contributed by atoms with Crippen LogP contribution < -0.4 is 10.6 Å². The van der Waals surface area contributed by atoms with E-state index >= 15 is 0 Å². The number of hydrogen-bond acceptors (Lipinski definition) is 5. The van der Waals surface area contributed by atoms with Crippen molar-refractivity contribution < 1.29 is 4.74 Å². The van der Waals surface area contributed by atoms with Gasteiger partial charge in [-0.25, -0.2) is 4.99 Å². The van der Waals surface area contributed by atoms with Crippen LogP contribution in [0.5, 0.6) is 0 Å². The SMILES string of the molecule is CCOCCCNC(=NCc1ccc(CN2CCCC2)cc1)NCc1nnc(C)n1C.I. The second-order valence-corrected chi connectivity index (χ2v) is 8.02. The van der Waals surface area contributed by atoms with Crippen molar-refractivity contribution in [3.05, 3.63) is 47.0 Å². The zero-order valence-corrected chi connectivity index (χ0v) is 22.0. The van der Waals surface area contributed by atoms with Crippen LogP contribution in [0.2, 0.25) is 0 Å². The first kappa shape index (κ1) is 26.5. The van der Waals surface area contributed by atoms with Crippen molar-refractivity contribution in [1.29, 1.82) is 0 Å². The molecule has 2 N–H and O–H groups in total. The number of aryl methyl sites for hydroxylation is 1. The highest BCUT2D eigenvalue weighted by Crippen LogP contribution is 2.13. The van der Waals surface area contributed by atoms with Crippen molar-refractivity contribution in [2.24, 2.45) is 12.0 Å². The fraction of sp³-hybridized carbons (Fsp3) is 0.609. The molecular formula is C23H38IN7O. The second kappa shape index (κ2) is 14.4. The maximum Gasteiger partial charge on any atom is 0.191 e. The Balaban J connectivity index is 0.00000363. The summed E-state index contributed by atoms with van der Waals surface area (Å²) in [5.74, 6) is 2.56. The minimum Gasteiger partial charge on any atom is -0.382 e. The van der Waals surface area contributed by atoms with Gasteiger partial charge in [0, 0.05) is 33.4 Å². The van der Waals surface area contributed by atoms with Crippen molar-refractivity contribution in [1.82, 2.24) is 30.3 Å².